The van der Waals surface area contributed by atoms with Crippen molar-refractivity contribution in [1.82, 2.24) is 4.90 Å². The van der Waals surface area contributed by atoms with Gasteiger partial charge in [0, 0.05) is 19.1 Å². The molecule has 1 aliphatic heterocycles. The number of ether oxygens (including phenoxy) is 1. The van der Waals surface area contributed by atoms with Gasteiger partial charge in [-0.15, -0.1) is 0 Å². The van der Waals surface area contributed by atoms with Crippen molar-refractivity contribution in [1.29, 1.82) is 0 Å². The molecule has 0 spiro atoms. The van der Waals surface area contributed by atoms with Crippen LogP contribution >= 0.6 is 0 Å². The van der Waals surface area contributed by atoms with Gasteiger partial charge < -0.3 is 10.5 Å². The Hall–Kier alpha value is -1.06. The van der Waals surface area contributed by atoms with E-state index in [-0.39, 0.29) is 6.10 Å². The molecule has 0 saturated carbocycles. The second-order valence-corrected chi connectivity index (χ2v) is 5.98. The molecular formula is C16H26N2O. The van der Waals surface area contributed by atoms with Gasteiger partial charge in [0.05, 0.1) is 6.10 Å². The molecule has 2 atom stereocenters. The summed E-state index contributed by atoms with van der Waals surface area (Å²) in [6.45, 7) is 9.56. The Balaban J connectivity index is 1.89. The summed E-state index contributed by atoms with van der Waals surface area (Å²) < 4.78 is 5.66. The molecule has 1 saturated heterocycles. The van der Waals surface area contributed by atoms with Gasteiger partial charge in [0.15, 0.2) is 0 Å². The lowest BCUT2D eigenvalue weighted by molar-refractivity contribution is 0.157. The topological polar surface area (TPSA) is 38.5 Å². The lowest BCUT2D eigenvalue weighted by atomic mass is 9.94. The average molecular weight is 262 g/mol. The largest absolute Gasteiger partial charge is 0.491 e. The van der Waals surface area contributed by atoms with Crippen molar-refractivity contribution in [2.75, 3.05) is 13.1 Å². The average Bonchev–Trinajstić information content (AvgIpc) is 2.36. The molecule has 106 valence electrons. The van der Waals surface area contributed by atoms with Gasteiger partial charge in [-0.1, -0.05) is 19.1 Å². The van der Waals surface area contributed by atoms with Gasteiger partial charge in [-0.05, 0) is 50.4 Å². The van der Waals surface area contributed by atoms with E-state index in [9.17, 15) is 0 Å². The lowest BCUT2D eigenvalue weighted by Crippen LogP contribution is -2.45. The molecule has 3 heteroatoms. The summed E-state index contributed by atoms with van der Waals surface area (Å²) >= 11 is 0. The number of nitrogens with zero attached hydrogens (tertiary/aromatic N) is 1. The van der Waals surface area contributed by atoms with Crippen molar-refractivity contribution in [2.45, 2.75) is 45.9 Å². The highest BCUT2D eigenvalue weighted by Crippen LogP contribution is 2.19. The number of nitrogens with two attached hydrogens (primary N) is 1. The van der Waals surface area contributed by atoms with Crippen LogP contribution in [-0.2, 0) is 6.54 Å². The molecule has 1 aromatic carbocycles. The van der Waals surface area contributed by atoms with Gasteiger partial charge in [0.2, 0.25) is 0 Å². The van der Waals surface area contributed by atoms with Gasteiger partial charge in [-0.2, -0.15) is 0 Å². The van der Waals surface area contributed by atoms with Crippen molar-refractivity contribution in [2.24, 2.45) is 11.7 Å². The Morgan fingerprint density at radius 3 is 2.58 bits per heavy atom. The maximum Gasteiger partial charge on any atom is 0.119 e. The molecule has 0 radical (unpaired) electrons. The van der Waals surface area contributed by atoms with E-state index in [1.54, 1.807) is 0 Å². The Labute approximate surface area is 116 Å². The lowest BCUT2D eigenvalue weighted by Gasteiger charge is -2.35. The SMILES string of the molecule is CC(C)Oc1ccc(CN2CCC(N)C(C)C2)cc1. The van der Waals surface area contributed by atoms with Gasteiger partial charge in [0.1, 0.15) is 5.75 Å². The Kier molecular flexibility index (Phi) is 4.83. The van der Waals surface area contributed by atoms with Crippen LogP contribution in [0.5, 0.6) is 5.75 Å². The smallest absolute Gasteiger partial charge is 0.119 e. The third-order valence-electron chi connectivity index (χ3n) is 3.76. The van der Waals surface area contributed by atoms with E-state index < -0.39 is 0 Å². The van der Waals surface area contributed by atoms with Crippen LogP contribution in [0, 0.1) is 5.92 Å². The number of benzene rings is 1. The van der Waals surface area contributed by atoms with Crippen LogP contribution < -0.4 is 10.5 Å². The molecular weight excluding hydrogens is 236 g/mol. The fraction of sp³-hybridized carbons (Fsp3) is 0.625. The summed E-state index contributed by atoms with van der Waals surface area (Å²) in [5, 5.41) is 0. The van der Waals surface area contributed by atoms with Crippen molar-refractivity contribution < 1.29 is 4.74 Å². The maximum atomic E-state index is 6.06. The van der Waals surface area contributed by atoms with Crippen molar-refractivity contribution >= 4 is 0 Å². The Morgan fingerprint density at radius 2 is 2.00 bits per heavy atom. The zero-order valence-electron chi connectivity index (χ0n) is 12.3. The molecule has 1 aromatic rings. The van der Waals surface area contributed by atoms with Gasteiger partial charge in [-0.25, -0.2) is 0 Å². The summed E-state index contributed by atoms with van der Waals surface area (Å²) in [5.41, 5.74) is 7.40. The minimum Gasteiger partial charge on any atom is -0.491 e. The number of piperidine rings is 1. The van der Waals surface area contributed by atoms with E-state index in [2.05, 4.69) is 36.1 Å². The van der Waals surface area contributed by atoms with E-state index in [0.717, 1.165) is 31.8 Å². The van der Waals surface area contributed by atoms with Crippen LogP contribution in [0.15, 0.2) is 24.3 Å². The predicted octanol–water partition coefficient (Wildman–Crippen LogP) is 2.64. The molecule has 0 aliphatic carbocycles. The third-order valence-corrected chi connectivity index (χ3v) is 3.76. The van der Waals surface area contributed by atoms with Crippen molar-refractivity contribution in [3.8, 4) is 5.75 Å². The molecule has 1 heterocycles. The summed E-state index contributed by atoms with van der Waals surface area (Å²) in [5.74, 6) is 1.55. The van der Waals surface area contributed by atoms with E-state index in [1.807, 2.05) is 13.8 Å². The van der Waals surface area contributed by atoms with Crippen LogP contribution in [0.3, 0.4) is 0 Å². The summed E-state index contributed by atoms with van der Waals surface area (Å²) in [7, 11) is 0. The van der Waals surface area contributed by atoms with E-state index in [1.165, 1.54) is 5.56 Å². The summed E-state index contributed by atoms with van der Waals surface area (Å²) in [6.07, 6.45) is 1.34. The molecule has 0 aromatic heterocycles. The van der Waals surface area contributed by atoms with Crippen LogP contribution in [0.1, 0.15) is 32.8 Å². The maximum absolute atomic E-state index is 6.06. The first-order valence-corrected chi connectivity index (χ1v) is 7.28. The minimum atomic E-state index is 0.232. The fourth-order valence-corrected chi connectivity index (χ4v) is 2.60. The highest BCUT2D eigenvalue weighted by molar-refractivity contribution is 5.27. The Morgan fingerprint density at radius 1 is 1.32 bits per heavy atom. The highest BCUT2D eigenvalue weighted by Gasteiger charge is 2.22. The molecule has 1 fully saturated rings. The van der Waals surface area contributed by atoms with E-state index in [0.29, 0.717) is 12.0 Å². The number of hydrogen-bond donors (Lipinski definition) is 1. The van der Waals surface area contributed by atoms with Crippen LogP contribution in [0.4, 0.5) is 0 Å². The second-order valence-electron chi connectivity index (χ2n) is 5.98. The van der Waals surface area contributed by atoms with Gasteiger partial charge in [-0.3, -0.25) is 4.90 Å². The second kappa shape index (κ2) is 6.40. The molecule has 3 nitrogen and oxygen atoms in total. The molecule has 2 rings (SSSR count). The van der Waals surface area contributed by atoms with E-state index in [4.69, 9.17) is 10.5 Å². The summed E-state index contributed by atoms with van der Waals surface area (Å²) in [6, 6.07) is 8.83. The third kappa shape index (κ3) is 4.22. The van der Waals surface area contributed by atoms with Crippen LogP contribution in [0.2, 0.25) is 0 Å². The van der Waals surface area contributed by atoms with E-state index >= 15 is 0 Å². The zero-order valence-corrected chi connectivity index (χ0v) is 12.3. The molecule has 0 bridgehead atoms. The number of hydrogen-bond acceptors (Lipinski definition) is 3. The number of likely N-dealkylation sites (tertiary alicyclic amines) is 1. The van der Waals surface area contributed by atoms with Crippen molar-refractivity contribution in [3.05, 3.63) is 29.8 Å². The quantitative estimate of drug-likeness (QED) is 0.906. The Bertz CT molecular complexity index is 388. The first-order chi connectivity index (χ1) is 9.04. The first-order valence-electron chi connectivity index (χ1n) is 7.28. The number of rotatable bonds is 4. The predicted molar refractivity (Wildman–Crippen MR) is 79.2 cm³/mol. The normalized spacial score (nSPS) is 24.7. The monoisotopic (exact) mass is 262 g/mol. The molecule has 2 unspecified atom stereocenters. The fourth-order valence-electron chi connectivity index (χ4n) is 2.60. The minimum absolute atomic E-state index is 0.232. The van der Waals surface area contributed by atoms with Crippen LogP contribution in [0.25, 0.3) is 0 Å². The highest BCUT2D eigenvalue weighted by atomic mass is 16.5. The molecule has 0 amide bonds. The van der Waals surface area contributed by atoms with Crippen LogP contribution in [-0.4, -0.2) is 30.1 Å². The van der Waals surface area contributed by atoms with Crippen molar-refractivity contribution in [3.63, 3.8) is 0 Å². The zero-order chi connectivity index (χ0) is 13.8. The first kappa shape index (κ1) is 14.4. The molecule has 1 aliphatic rings. The van der Waals surface area contributed by atoms with Gasteiger partial charge >= 0.3 is 0 Å². The molecule has 2 N–H and O–H groups in total. The van der Waals surface area contributed by atoms with Gasteiger partial charge in [0.25, 0.3) is 0 Å². The standard InChI is InChI=1S/C16H26N2O/c1-12(2)19-15-6-4-14(5-7-15)11-18-9-8-16(17)13(3)10-18/h4-7,12-13,16H,8-11,17H2,1-3H3. The molecule has 19 heavy (non-hydrogen) atoms. The summed E-state index contributed by atoms with van der Waals surface area (Å²) in [4.78, 5) is 2.49.